The van der Waals surface area contributed by atoms with Gasteiger partial charge in [0.2, 0.25) is 5.95 Å². The molecule has 1 aliphatic heterocycles. The molecule has 3 heterocycles. The first-order valence-electron chi connectivity index (χ1n) is 10.2. The van der Waals surface area contributed by atoms with E-state index in [1.54, 1.807) is 0 Å². The van der Waals surface area contributed by atoms with Gasteiger partial charge < -0.3 is 20.3 Å². The molecule has 8 nitrogen and oxygen atoms in total. The number of aromatic nitrogens is 4. The maximum Gasteiger partial charge on any atom is 0.225 e. The molecule has 0 amide bonds. The third-order valence-corrected chi connectivity index (χ3v) is 5.40. The number of rotatable bonds is 7. The summed E-state index contributed by atoms with van der Waals surface area (Å²) in [6.07, 6.45) is 1.74. The monoisotopic (exact) mass is 473 g/mol. The van der Waals surface area contributed by atoms with Gasteiger partial charge in [-0.05, 0) is 38.2 Å². The van der Waals surface area contributed by atoms with E-state index in [1.807, 2.05) is 31.0 Å². The molecule has 160 valence electrons. The van der Waals surface area contributed by atoms with Crippen molar-refractivity contribution in [3.8, 4) is 0 Å². The van der Waals surface area contributed by atoms with E-state index in [1.165, 1.54) is 0 Å². The molecule has 0 radical (unpaired) electrons. The van der Waals surface area contributed by atoms with Crippen LogP contribution in [0.25, 0.3) is 11.0 Å². The molecule has 0 bridgehead atoms. The van der Waals surface area contributed by atoms with Crippen LogP contribution in [0.4, 0.5) is 11.6 Å². The van der Waals surface area contributed by atoms with Crippen molar-refractivity contribution in [2.24, 2.45) is 5.92 Å². The van der Waals surface area contributed by atoms with Gasteiger partial charge >= 0.3 is 0 Å². The van der Waals surface area contributed by atoms with Gasteiger partial charge in [-0.25, -0.2) is 4.98 Å². The fraction of sp³-hybridized carbons (Fsp3) is 0.476. The Bertz CT molecular complexity index is 1030. The normalized spacial score (nSPS) is 16.2. The van der Waals surface area contributed by atoms with Crippen molar-refractivity contribution in [3.05, 3.63) is 40.1 Å². The van der Waals surface area contributed by atoms with Gasteiger partial charge in [0.1, 0.15) is 12.8 Å². The zero-order valence-corrected chi connectivity index (χ0v) is 19.4. The standard InChI is InChI=1S/C21H28BrN7O/c1-13(2)10-29-11-16-18(19-15-9-14(22)5-6-17(15)24-12-30-19)25-21(26-20(16)27-29)23-7-8-28(3)4/h5-6,9,11,13,19,24H,7-8,10,12H2,1-4H3,(H,23,26,27). The lowest BCUT2D eigenvalue weighted by atomic mass is 10.0. The molecular formula is C21H28BrN7O. The number of likely N-dealkylation sites (N-methyl/N-ethyl adjacent to an activating group) is 1. The van der Waals surface area contributed by atoms with Crippen LogP contribution < -0.4 is 10.6 Å². The Morgan fingerprint density at radius 3 is 2.93 bits per heavy atom. The average molecular weight is 474 g/mol. The number of hydrogen-bond donors (Lipinski definition) is 2. The van der Waals surface area contributed by atoms with Crippen LogP contribution in [-0.2, 0) is 11.3 Å². The quantitative estimate of drug-likeness (QED) is 0.541. The van der Waals surface area contributed by atoms with Crippen LogP contribution in [0.2, 0.25) is 0 Å². The fourth-order valence-corrected chi connectivity index (χ4v) is 3.92. The Morgan fingerprint density at radius 2 is 2.17 bits per heavy atom. The Balaban J connectivity index is 1.79. The third kappa shape index (κ3) is 4.58. The van der Waals surface area contributed by atoms with Gasteiger partial charge in [-0.2, -0.15) is 10.1 Å². The van der Waals surface area contributed by atoms with Crippen LogP contribution in [0.15, 0.2) is 28.9 Å². The van der Waals surface area contributed by atoms with Crippen LogP contribution in [0.5, 0.6) is 0 Å². The minimum atomic E-state index is -0.296. The number of fused-ring (bicyclic) bond motifs is 2. The summed E-state index contributed by atoms with van der Waals surface area (Å²) in [4.78, 5) is 11.7. The molecule has 0 saturated carbocycles. The van der Waals surface area contributed by atoms with Gasteiger partial charge in [0.25, 0.3) is 0 Å². The summed E-state index contributed by atoms with van der Waals surface area (Å²) in [5.74, 6) is 1.06. The number of hydrogen-bond acceptors (Lipinski definition) is 7. The summed E-state index contributed by atoms with van der Waals surface area (Å²) >= 11 is 3.58. The second-order valence-corrected chi connectivity index (χ2v) is 9.16. The molecule has 2 N–H and O–H groups in total. The Kier molecular flexibility index (Phi) is 6.21. The molecule has 0 aliphatic carbocycles. The SMILES string of the molecule is CC(C)Cn1cc2c(C3OCNc4ccc(Br)cc43)nc(NCCN(C)C)nc2n1. The maximum absolute atomic E-state index is 6.15. The van der Waals surface area contributed by atoms with E-state index in [9.17, 15) is 0 Å². The van der Waals surface area contributed by atoms with Gasteiger partial charge in [0.15, 0.2) is 5.65 Å². The lowest BCUT2D eigenvalue weighted by Gasteiger charge is -2.27. The van der Waals surface area contributed by atoms with E-state index >= 15 is 0 Å². The second-order valence-electron chi connectivity index (χ2n) is 8.24. The minimum Gasteiger partial charge on any atom is -0.362 e. The van der Waals surface area contributed by atoms with Crippen molar-refractivity contribution in [2.45, 2.75) is 26.5 Å². The predicted molar refractivity (Wildman–Crippen MR) is 123 cm³/mol. The van der Waals surface area contributed by atoms with E-state index in [4.69, 9.17) is 14.8 Å². The highest BCUT2D eigenvalue weighted by molar-refractivity contribution is 9.10. The number of nitrogens with zero attached hydrogens (tertiary/aromatic N) is 5. The minimum absolute atomic E-state index is 0.296. The van der Waals surface area contributed by atoms with Crippen molar-refractivity contribution in [2.75, 3.05) is 44.5 Å². The van der Waals surface area contributed by atoms with E-state index in [0.717, 1.165) is 46.4 Å². The summed E-state index contributed by atoms with van der Waals surface area (Å²) in [6, 6.07) is 6.17. The fourth-order valence-electron chi connectivity index (χ4n) is 3.54. The lowest BCUT2D eigenvalue weighted by molar-refractivity contribution is 0.0858. The molecule has 4 rings (SSSR count). The molecule has 1 aromatic carbocycles. The van der Waals surface area contributed by atoms with Gasteiger partial charge in [0, 0.05) is 41.6 Å². The Morgan fingerprint density at radius 1 is 1.33 bits per heavy atom. The topological polar surface area (TPSA) is 80.1 Å². The smallest absolute Gasteiger partial charge is 0.225 e. The number of halogens is 1. The van der Waals surface area contributed by atoms with E-state index in [-0.39, 0.29) is 6.10 Å². The maximum atomic E-state index is 6.15. The van der Waals surface area contributed by atoms with Crippen LogP contribution in [0.1, 0.15) is 31.2 Å². The molecule has 3 aromatic rings. The first-order chi connectivity index (χ1) is 14.4. The molecular weight excluding hydrogens is 446 g/mol. The molecule has 30 heavy (non-hydrogen) atoms. The first-order valence-corrected chi connectivity index (χ1v) is 11.0. The highest BCUT2D eigenvalue weighted by atomic mass is 79.9. The number of anilines is 2. The first kappa shape index (κ1) is 21.0. The summed E-state index contributed by atoms with van der Waals surface area (Å²) in [7, 11) is 4.09. The van der Waals surface area contributed by atoms with Gasteiger partial charge in [0.05, 0.1) is 11.1 Å². The van der Waals surface area contributed by atoms with Gasteiger partial charge in [-0.1, -0.05) is 29.8 Å². The number of ether oxygens (including phenoxy) is 1. The summed E-state index contributed by atoms with van der Waals surface area (Å²) < 4.78 is 9.11. The highest BCUT2D eigenvalue weighted by Gasteiger charge is 2.28. The molecule has 2 aromatic heterocycles. The van der Waals surface area contributed by atoms with Crippen LogP contribution in [-0.4, -0.2) is 58.6 Å². The molecule has 0 spiro atoms. The largest absolute Gasteiger partial charge is 0.362 e. The average Bonchev–Trinajstić information content (AvgIpc) is 3.08. The van der Waals surface area contributed by atoms with Crippen molar-refractivity contribution >= 4 is 38.6 Å². The summed E-state index contributed by atoms with van der Waals surface area (Å²) in [6.45, 7) is 7.24. The van der Waals surface area contributed by atoms with E-state index in [0.29, 0.717) is 24.2 Å². The van der Waals surface area contributed by atoms with Crippen molar-refractivity contribution in [3.63, 3.8) is 0 Å². The number of benzene rings is 1. The van der Waals surface area contributed by atoms with Crippen molar-refractivity contribution in [1.29, 1.82) is 0 Å². The molecule has 1 aliphatic rings. The Hall–Kier alpha value is -2.23. The molecule has 1 atom stereocenters. The van der Waals surface area contributed by atoms with Crippen molar-refractivity contribution < 1.29 is 4.74 Å². The molecule has 9 heteroatoms. The zero-order valence-electron chi connectivity index (χ0n) is 17.8. The van der Waals surface area contributed by atoms with Crippen LogP contribution in [0.3, 0.4) is 0 Å². The lowest BCUT2D eigenvalue weighted by Crippen LogP contribution is -2.23. The van der Waals surface area contributed by atoms with E-state index in [2.05, 4.69) is 62.4 Å². The zero-order chi connectivity index (χ0) is 21.3. The second kappa shape index (κ2) is 8.87. The molecule has 0 fully saturated rings. The summed E-state index contributed by atoms with van der Waals surface area (Å²) in [5.41, 5.74) is 3.62. The highest BCUT2D eigenvalue weighted by Crippen LogP contribution is 2.38. The van der Waals surface area contributed by atoms with Gasteiger partial charge in [-0.3, -0.25) is 4.68 Å². The third-order valence-electron chi connectivity index (χ3n) is 4.91. The Labute approximate surface area is 185 Å². The van der Waals surface area contributed by atoms with Crippen LogP contribution >= 0.6 is 15.9 Å². The van der Waals surface area contributed by atoms with Gasteiger partial charge in [-0.15, -0.1) is 0 Å². The molecule has 1 unspecified atom stereocenters. The summed E-state index contributed by atoms with van der Waals surface area (Å²) in [5, 5.41) is 12.3. The predicted octanol–water partition coefficient (Wildman–Crippen LogP) is 3.71. The molecule has 0 saturated heterocycles. The number of nitrogens with one attached hydrogen (secondary N) is 2. The van der Waals surface area contributed by atoms with Crippen LogP contribution in [0, 0.1) is 5.92 Å². The van der Waals surface area contributed by atoms with Crippen molar-refractivity contribution in [1.82, 2.24) is 24.6 Å². The van der Waals surface area contributed by atoms with E-state index < -0.39 is 0 Å².